The second-order valence-corrected chi connectivity index (χ2v) is 6.41. The predicted octanol–water partition coefficient (Wildman–Crippen LogP) is 5.36. The van der Waals surface area contributed by atoms with E-state index in [4.69, 9.17) is 0 Å². The summed E-state index contributed by atoms with van der Waals surface area (Å²) < 4.78 is 37.7. The Morgan fingerprint density at radius 1 is 1.28 bits per heavy atom. The molecule has 2 rings (SSSR count). The molecule has 1 aromatic rings. The standard InChI is InChI=1S/C13H14BrF3S/c14-8-12(5-2-6-12)9-18-11-4-1-3-10(7-11)13(15,16)17/h1,3-4,7H,2,5-6,8-9H2. The van der Waals surface area contributed by atoms with E-state index in [1.54, 1.807) is 6.07 Å². The van der Waals surface area contributed by atoms with Crippen LogP contribution in [0.1, 0.15) is 24.8 Å². The average Bonchev–Trinajstić information content (AvgIpc) is 2.27. The highest BCUT2D eigenvalue weighted by Gasteiger charge is 2.36. The number of hydrogen-bond acceptors (Lipinski definition) is 1. The average molecular weight is 339 g/mol. The fourth-order valence-corrected chi connectivity index (χ4v) is 4.26. The fourth-order valence-electron chi connectivity index (χ4n) is 1.99. The van der Waals surface area contributed by atoms with Crippen molar-refractivity contribution in [2.24, 2.45) is 5.41 Å². The summed E-state index contributed by atoms with van der Waals surface area (Å²) in [5.74, 6) is 0.888. The van der Waals surface area contributed by atoms with Crippen molar-refractivity contribution in [3.8, 4) is 0 Å². The van der Waals surface area contributed by atoms with Crippen molar-refractivity contribution in [1.82, 2.24) is 0 Å². The molecule has 0 saturated heterocycles. The van der Waals surface area contributed by atoms with E-state index in [0.717, 1.165) is 17.1 Å². The van der Waals surface area contributed by atoms with E-state index in [9.17, 15) is 13.2 Å². The molecule has 0 aliphatic heterocycles. The molecule has 5 heteroatoms. The van der Waals surface area contributed by atoms with Gasteiger partial charge in [-0.15, -0.1) is 11.8 Å². The summed E-state index contributed by atoms with van der Waals surface area (Å²) in [6, 6.07) is 5.59. The third-order valence-electron chi connectivity index (χ3n) is 3.40. The summed E-state index contributed by atoms with van der Waals surface area (Å²) in [5, 5.41) is 0.936. The zero-order chi connectivity index (χ0) is 13.2. The highest BCUT2D eigenvalue weighted by atomic mass is 79.9. The summed E-state index contributed by atoms with van der Waals surface area (Å²) in [6.07, 6.45) is -0.677. The lowest BCUT2D eigenvalue weighted by Gasteiger charge is -2.40. The van der Waals surface area contributed by atoms with Gasteiger partial charge in [-0.2, -0.15) is 13.2 Å². The van der Waals surface area contributed by atoms with E-state index >= 15 is 0 Å². The van der Waals surface area contributed by atoms with Gasteiger partial charge in [-0.3, -0.25) is 0 Å². The Labute approximate surface area is 117 Å². The quantitative estimate of drug-likeness (QED) is 0.525. The van der Waals surface area contributed by atoms with Gasteiger partial charge in [0, 0.05) is 16.0 Å². The first-order valence-corrected chi connectivity index (χ1v) is 7.92. The molecule has 0 atom stereocenters. The van der Waals surface area contributed by atoms with Crippen LogP contribution in [-0.2, 0) is 6.18 Å². The molecule has 0 radical (unpaired) electrons. The molecule has 1 fully saturated rings. The van der Waals surface area contributed by atoms with Gasteiger partial charge in [-0.25, -0.2) is 0 Å². The van der Waals surface area contributed by atoms with Crippen LogP contribution in [0.3, 0.4) is 0 Å². The van der Waals surface area contributed by atoms with Crippen molar-refractivity contribution in [2.45, 2.75) is 30.3 Å². The van der Waals surface area contributed by atoms with Crippen LogP contribution in [-0.4, -0.2) is 11.1 Å². The second-order valence-electron chi connectivity index (χ2n) is 4.80. The van der Waals surface area contributed by atoms with Gasteiger partial charge in [-0.05, 0) is 36.5 Å². The van der Waals surface area contributed by atoms with Crippen LogP contribution in [0.15, 0.2) is 29.2 Å². The van der Waals surface area contributed by atoms with Crippen LogP contribution < -0.4 is 0 Å². The van der Waals surface area contributed by atoms with E-state index < -0.39 is 11.7 Å². The molecule has 0 amide bonds. The van der Waals surface area contributed by atoms with Crippen molar-refractivity contribution in [1.29, 1.82) is 0 Å². The Kier molecular flexibility index (Phi) is 4.32. The maximum absolute atomic E-state index is 12.6. The zero-order valence-electron chi connectivity index (χ0n) is 9.77. The van der Waals surface area contributed by atoms with E-state index in [2.05, 4.69) is 15.9 Å². The topological polar surface area (TPSA) is 0 Å². The van der Waals surface area contributed by atoms with Crippen LogP contribution >= 0.6 is 27.7 Å². The van der Waals surface area contributed by atoms with Gasteiger partial charge in [0.05, 0.1) is 5.56 Å². The lowest BCUT2D eigenvalue weighted by molar-refractivity contribution is -0.137. The normalized spacial score (nSPS) is 18.4. The number of hydrogen-bond donors (Lipinski definition) is 0. The molecular weight excluding hydrogens is 325 g/mol. The third kappa shape index (κ3) is 3.23. The number of halogens is 4. The Bertz CT molecular complexity index is 407. The van der Waals surface area contributed by atoms with Crippen LogP contribution in [0, 0.1) is 5.41 Å². The van der Waals surface area contributed by atoms with Gasteiger partial charge in [0.25, 0.3) is 0 Å². The summed E-state index contributed by atoms with van der Waals surface area (Å²) in [4.78, 5) is 0.706. The minimum atomic E-state index is -4.25. The van der Waals surface area contributed by atoms with Crippen LogP contribution in [0.4, 0.5) is 13.2 Å². The van der Waals surface area contributed by atoms with Gasteiger partial charge < -0.3 is 0 Å². The minimum absolute atomic E-state index is 0.291. The van der Waals surface area contributed by atoms with Crippen molar-refractivity contribution in [3.63, 3.8) is 0 Å². The van der Waals surface area contributed by atoms with E-state index in [1.165, 1.54) is 43.2 Å². The van der Waals surface area contributed by atoms with Crippen molar-refractivity contribution in [3.05, 3.63) is 29.8 Å². The van der Waals surface area contributed by atoms with Gasteiger partial charge in [0.15, 0.2) is 0 Å². The molecule has 1 aliphatic carbocycles. The monoisotopic (exact) mass is 338 g/mol. The first-order chi connectivity index (χ1) is 8.45. The minimum Gasteiger partial charge on any atom is -0.166 e. The van der Waals surface area contributed by atoms with Gasteiger partial charge in [-0.1, -0.05) is 28.4 Å². The summed E-state index contributed by atoms with van der Waals surface area (Å²) in [5.41, 5.74) is -0.271. The number of thioether (sulfide) groups is 1. The highest BCUT2D eigenvalue weighted by Crippen LogP contribution is 2.46. The SMILES string of the molecule is FC(F)(F)c1cccc(SCC2(CBr)CCC2)c1. The summed E-state index contributed by atoms with van der Waals surface area (Å²) >= 11 is 5.04. The van der Waals surface area contributed by atoms with E-state index in [0.29, 0.717) is 10.3 Å². The Morgan fingerprint density at radius 3 is 2.50 bits per heavy atom. The van der Waals surface area contributed by atoms with Crippen molar-refractivity contribution >= 4 is 27.7 Å². The molecule has 1 aliphatic rings. The molecule has 100 valence electrons. The van der Waals surface area contributed by atoms with Gasteiger partial charge in [0.2, 0.25) is 0 Å². The highest BCUT2D eigenvalue weighted by molar-refractivity contribution is 9.09. The van der Waals surface area contributed by atoms with Gasteiger partial charge >= 0.3 is 6.18 Å². The van der Waals surface area contributed by atoms with Crippen molar-refractivity contribution in [2.75, 3.05) is 11.1 Å². The molecule has 1 saturated carbocycles. The molecule has 18 heavy (non-hydrogen) atoms. The van der Waals surface area contributed by atoms with Gasteiger partial charge in [0.1, 0.15) is 0 Å². The lowest BCUT2D eigenvalue weighted by Crippen LogP contribution is -2.33. The molecule has 0 bridgehead atoms. The second kappa shape index (κ2) is 5.45. The van der Waals surface area contributed by atoms with Crippen LogP contribution in [0.25, 0.3) is 0 Å². The number of alkyl halides is 4. The predicted molar refractivity (Wildman–Crippen MR) is 72.2 cm³/mol. The number of rotatable bonds is 4. The lowest BCUT2D eigenvalue weighted by atomic mass is 9.72. The molecule has 0 aromatic heterocycles. The van der Waals surface area contributed by atoms with Crippen LogP contribution in [0.5, 0.6) is 0 Å². The first-order valence-electron chi connectivity index (χ1n) is 5.81. The molecular formula is C13H14BrF3S. The molecule has 0 unspecified atom stereocenters. The first kappa shape index (κ1) is 14.3. The zero-order valence-corrected chi connectivity index (χ0v) is 12.2. The Balaban J connectivity index is 2.01. The molecule has 0 nitrogen and oxygen atoms in total. The Morgan fingerprint density at radius 2 is 2.00 bits per heavy atom. The third-order valence-corrected chi connectivity index (χ3v) is 5.94. The molecule has 0 N–H and O–H groups in total. The summed E-state index contributed by atoms with van der Waals surface area (Å²) in [6.45, 7) is 0. The number of benzene rings is 1. The van der Waals surface area contributed by atoms with Crippen LogP contribution in [0.2, 0.25) is 0 Å². The largest absolute Gasteiger partial charge is 0.416 e. The molecule has 1 aromatic carbocycles. The molecule has 0 spiro atoms. The Hall–Kier alpha value is -0.160. The molecule has 0 heterocycles. The van der Waals surface area contributed by atoms with E-state index in [-0.39, 0.29) is 0 Å². The summed E-state index contributed by atoms with van der Waals surface area (Å²) in [7, 11) is 0. The fraction of sp³-hybridized carbons (Fsp3) is 0.538. The van der Waals surface area contributed by atoms with Crippen molar-refractivity contribution < 1.29 is 13.2 Å². The van der Waals surface area contributed by atoms with E-state index in [1.807, 2.05) is 0 Å². The maximum Gasteiger partial charge on any atom is 0.416 e. The smallest absolute Gasteiger partial charge is 0.166 e. The maximum atomic E-state index is 12.6.